The van der Waals surface area contributed by atoms with Crippen LogP contribution < -0.4 is 4.74 Å². The summed E-state index contributed by atoms with van der Waals surface area (Å²) in [6.07, 6.45) is 6.67. The Balaban J connectivity index is 1.58. The number of halogens is 1. The number of benzene rings is 1. The molecule has 158 valence electrons. The Hall–Kier alpha value is -1.30. The Morgan fingerprint density at radius 3 is 2.32 bits per heavy atom. The standard InChI is InChI=1S/C22H35ClN2O3/c1-24(2)14-4-5-15-27-17-19-8-6-18(7-9-19)16-25(3)22(26)28-21-12-10-20(23)11-13-21/h10-13,18-19H,4-9,14-17H2,1-3H3. The highest BCUT2D eigenvalue weighted by atomic mass is 35.5. The van der Waals surface area contributed by atoms with E-state index >= 15 is 0 Å². The molecule has 0 heterocycles. The number of amides is 1. The van der Waals surface area contributed by atoms with E-state index in [1.807, 2.05) is 0 Å². The molecular weight excluding hydrogens is 376 g/mol. The number of hydrogen-bond acceptors (Lipinski definition) is 4. The molecule has 2 rings (SSSR count). The van der Waals surface area contributed by atoms with Crippen LogP contribution in [0.1, 0.15) is 38.5 Å². The van der Waals surface area contributed by atoms with Gasteiger partial charge in [0, 0.05) is 31.8 Å². The fourth-order valence-corrected chi connectivity index (χ4v) is 3.73. The molecule has 0 radical (unpaired) electrons. The van der Waals surface area contributed by atoms with Crippen LogP contribution in [0, 0.1) is 11.8 Å². The molecule has 5 nitrogen and oxygen atoms in total. The fraction of sp³-hybridized carbons (Fsp3) is 0.682. The van der Waals surface area contributed by atoms with Gasteiger partial charge in [-0.05, 0) is 95.3 Å². The molecule has 0 aromatic heterocycles. The van der Waals surface area contributed by atoms with Crippen LogP contribution in [0.25, 0.3) is 0 Å². The largest absolute Gasteiger partial charge is 0.414 e. The van der Waals surface area contributed by atoms with Gasteiger partial charge < -0.3 is 19.3 Å². The van der Waals surface area contributed by atoms with Crippen molar-refractivity contribution in [1.82, 2.24) is 9.80 Å². The molecule has 1 fully saturated rings. The normalized spacial score (nSPS) is 19.6. The number of unbranched alkanes of at least 4 members (excludes halogenated alkanes) is 1. The average Bonchev–Trinajstić information content (AvgIpc) is 2.67. The van der Waals surface area contributed by atoms with Crippen molar-refractivity contribution in [3.8, 4) is 5.75 Å². The molecular formula is C22H35ClN2O3. The van der Waals surface area contributed by atoms with Gasteiger partial charge in [-0.1, -0.05) is 11.6 Å². The molecule has 1 aliphatic rings. The summed E-state index contributed by atoms with van der Waals surface area (Å²) in [5, 5.41) is 0.627. The van der Waals surface area contributed by atoms with Gasteiger partial charge in [-0.3, -0.25) is 0 Å². The first kappa shape index (κ1) is 23.0. The maximum Gasteiger partial charge on any atom is 0.414 e. The molecule has 0 unspecified atom stereocenters. The van der Waals surface area contributed by atoms with E-state index in [-0.39, 0.29) is 6.09 Å². The molecule has 0 atom stereocenters. The first-order valence-corrected chi connectivity index (χ1v) is 10.7. The van der Waals surface area contributed by atoms with Crippen molar-refractivity contribution in [1.29, 1.82) is 0 Å². The van der Waals surface area contributed by atoms with Crippen LogP contribution in [0.4, 0.5) is 4.79 Å². The fourth-order valence-electron chi connectivity index (χ4n) is 3.61. The molecule has 28 heavy (non-hydrogen) atoms. The van der Waals surface area contributed by atoms with Crippen molar-refractivity contribution in [3.05, 3.63) is 29.3 Å². The molecule has 1 amide bonds. The maximum absolute atomic E-state index is 12.3. The van der Waals surface area contributed by atoms with Gasteiger partial charge in [0.05, 0.1) is 0 Å². The second-order valence-electron chi connectivity index (χ2n) is 8.17. The number of rotatable bonds is 10. The zero-order valence-corrected chi connectivity index (χ0v) is 18.3. The van der Waals surface area contributed by atoms with E-state index in [4.69, 9.17) is 21.1 Å². The van der Waals surface area contributed by atoms with Crippen LogP contribution in [0.2, 0.25) is 5.02 Å². The van der Waals surface area contributed by atoms with E-state index in [1.54, 1.807) is 36.2 Å². The average molecular weight is 411 g/mol. The Labute approximate surface area is 174 Å². The smallest absolute Gasteiger partial charge is 0.410 e. The van der Waals surface area contributed by atoms with Gasteiger partial charge in [0.1, 0.15) is 5.75 Å². The number of ether oxygens (including phenoxy) is 2. The second-order valence-corrected chi connectivity index (χ2v) is 8.61. The minimum Gasteiger partial charge on any atom is -0.410 e. The molecule has 0 bridgehead atoms. The lowest BCUT2D eigenvalue weighted by Crippen LogP contribution is -2.35. The van der Waals surface area contributed by atoms with Crippen molar-refractivity contribution < 1.29 is 14.3 Å². The number of hydrogen-bond donors (Lipinski definition) is 0. The molecule has 0 saturated heterocycles. The molecule has 1 aromatic rings. The lowest BCUT2D eigenvalue weighted by molar-refractivity contribution is 0.0710. The highest BCUT2D eigenvalue weighted by Gasteiger charge is 2.24. The molecule has 0 aliphatic heterocycles. The summed E-state index contributed by atoms with van der Waals surface area (Å²) in [7, 11) is 6.02. The molecule has 6 heteroatoms. The van der Waals surface area contributed by atoms with Gasteiger partial charge in [0.15, 0.2) is 0 Å². The van der Waals surface area contributed by atoms with E-state index < -0.39 is 0 Å². The molecule has 1 saturated carbocycles. The number of nitrogens with zero attached hydrogens (tertiary/aromatic N) is 2. The lowest BCUT2D eigenvalue weighted by atomic mass is 9.82. The Morgan fingerprint density at radius 2 is 1.68 bits per heavy atom. The van der Waals surface area contributed by atoms with E-state index in [0.29, 0.717) is 22.6 Å². The number of carbonyl (C=O) groups is 1. The molecule has 0 N–H and O–H groups in total. The van der Waals surface area contributed by atoms with E-state index in [1.165, 1.54) is 19.3 Å². The third-order valence-corrected chi connectivity index (χ3v) is 5.58. The highest BCUT2D eigenvalue weighted by molar-refractivity contribution is 6.30. The summed E-state index contributed by atoms with van der Waals surface area (Å²) in [6.45, 7) is 3.61. The zero-order chi connectivity index (χ0) is 20.4. The lowest BCUT2D eigenvalue weighted by Gasteiger charge is -2.30. The number of carbonyl (C=O) groups excluding carboxylic acids is 1. The van der Waals surface area contributed by atoms with Crippen LogP contribution in [0.5, 0.6) is 5.75 Å². The van der Waals surface area contributed by atoms with Gasteiger partial charge in [-0.15, -0.1) is 0 Å². The van der Waals surface area contributed by atoms with E-state index in [0.717, 1.165) is 45.6 Å². The SMILES string of the molecule is CN(C)CCCCOCC1CCC(CN(C)C(=O)Oc2ccc(Cl)cc2)CC1. The summed E-state index contributed by atoms with van der Waals surface area (Å²) < 4.78 is 11.3. The first-order chi connectivity index (χ1) is 13.4. The second kappa shape index (κ2) is 12.3. The van der Waals surface area contributed by atoms with E-state index in [2.05, 4.69) is 19.0 Å². The van der Waals surface area contributed by atoms with Gasteiger partial charge in [-0.2, -0.15) is 0 Å². The molecule has 1 aliphatic carbocycles. The van der Waals surface area contributed by atoms with Crippen LogP contribution >= 0.6 is 11.6 Å². The van der Waals surface area contributed by atoms with Crippen molar-refractivity contribution in [2.24, 2.45) is 11.8 Å². The van der Waals surface area contributed by atoms with Crippen LogP contribution in [0.15, 0.2) is 24.3 Å². The summed E-state index contributed by atoms with van der Waals surface area (Å²) in [5.41, 5.74) is 0. The summed E-state index contributed by atoms with van der Waals surface area (Å²) >= 11 is 5.86. The van der Waals surface area contributed by atoms with Crippen molar-refractivity contribution >= 4 is 17.7 Å². The minimum atomic E-state index is -0.314. The van der Waals surface area contributed by atoms with Crippen LogP contribution in [-0.2, 0) is 4.74 Å². The van der Waals surface area contributed by atoms with Crippen LogP contribution in [-0.4, -0.2) is 63.3 Å². The summed E-state index contributed by atoms with van der Waals surface area (Å²) in [5.74, 6) is 1.73. The van der Waals surface area contributed by atoms with E-state index in [9.17, 15) is 4.79 Å². The predicted octanol–water partition coefficient (Wildman–Crippen LogP) is 4.94. The third kappa shape index (κ3) is 8.80. The van der Waals surface area contributed by atoms with Crippen molar-refractivity contribution in [3.63, 3.8) is 0 Å². The molecule has 0 spiro atoms. The topological polar surface area (TPSA) is 42.0 Å². The summed E-state index contributed by atoms with van der Waals surface area (Å²) in [6, 6.07) is 6.85. The van der Waals surface area contributed by atoms with Gasteiger partial charge in [-0.25, -0.2) is 4.79 Å². The zero-order valence-electron chi connectivity index (χ0n) is 17.5. The first-order valence-electron chi connectivity index (χ1n) is 10.3. The van der Waals surface area contributed by atoms with Crippen LogP contribution in [0.3, 0.4) is 0 Å². The van der Waals surface area contributed by atoms with Gasteiger partial charge >= 0.3 is 6.09 Å². The molecule has 1 aromatic carbocycles. The monoisotopic (exact) mass is 410 g/mol. The highest BCUT2D eigenvalue weighted by Crippen LogP contribution is 2.29. The quantitative estimate of drug-likeness (QED) is 0.512. The van der Waals surface area contributed by atoms with Gasteiger partial charge in [0.2, 0.25) is 0 Å². The Morgan fingerprint density at radius 1 is 1.04 bits per heavy atom. The maximum atomic E-state index is 12.3. The minimum absolute atomic E-state index is 0.314. The summed E-state index contributed by atoms with van der Waals surface area (Å²) in [4.78, 5) is 16.1. The predicted molar refractivity (Wildman–Crippen MR) is 114 cm³/mol. The Bertz CT molecular complexity index is 572. The van der Waals surface area contributed by atoms with Crippen molar-refractivity contribution in [2.75, 3.05) is 47.4 Å². The van der Waals surface area contributed by atoms with Crippen molar-refractivity contribution in [2.45, 2.75) is 38.5 Å². The van der Waals surface area contributed by atoms with Gasteiger partial charge in [0.25, 0.3) is 0 Å². The third-order valence-electron chi connectivity index (χ3n) is 5.33. The Kier molecular flexibility index (Phi) is 10.1.